The highest BCUT2D eigenvalue weighted by Gasteiger charge is 1.90. The van der Waals surface area contributed by atoms with Crippen LogP contribution in [0.5, 0.6) is 0 Å². The van der Waals surface area contributed by atoms with Crippen LogP contribution in [0.25, 0.3) is 0 Å². The van der Waals surface area contributed by atoms with Gasteiger partial charge in [-0.15, -0.1) is 0 Å². The quantitative estimate of drug-likeness (QED) is 0.590. The maximum Gasteiger partial charge on any atom is 0.162 e. The Bertz CT molecular complexity index is 219. The van der Waals surface area contributed by atoms with Crippen LogP contribution in [0.2, 0.25) is 0 Å². The summed E-state index contributed by atoms with van der Waals surface area (Å²) in [4.78, 5) is 0. The largest absolute Gasteiger partial charge is 0.282 e. The molecule has 1 N–H and O–H groups in total. The van der Waals surface area contributed by atoms with Crippen LogP contribution >= 0.6 is 0 Å². The summed E-state index contributed by atoms with van der Waals surface area (Å²) < 4.78 is 0. The molecule has 0 bridgehead atoms. The summed E-state index contributed by atoms with van der Waals surface area (Å²) in [5, 5.41) is 14.5. The van der Waals surface area contributed by atoms with Crippen molar-refractivity contribution in [1.29, 1.82) is 5.26 Å². The van der Waals surface area contributed by atoms with Crippen LogP contribution in [0, 0.1) is 18.3 Å². The third kappa shape index (κ3) is 2.31. The standard InChI is InChI=1S/C5H5N3.C2H6/c1-4-2-5(3-6)8-7-4;1-2/h2H,1H3,(H,7,8);1-2H3. The molecule has 1 rings (SSSR count). The van der Waals surface area contributed by atoms with Gasteiger partial charge in [0.25, 0.3) is 0 Å². The molecule has 0 saturated heterocycles. The third-order valence-electron chi connectivity index (χ3n) is 0.820. The molecule has 0 spiro atoms. The molecule has 1 heterocycles. The second kappa shape index (κ2) is 4.57. The van der Waals surface area contributed by atoms with E-state index in [1.54, 1.807) is 6.07 Å². The molecule has 0 aliphatic heterocycles. The number of H-pyrrole nitrogens is 1. The zero-order chi connectivity index (χ0) is 7.98. The van der Waals surface area contributed by atoms with Crippen molar-refractivity contribution in [2.75, 3.05) is 0 Å². The first-order valence-electron chi connectivity index (χ1n) is 3.25. The fourth-order valence-electron chi connectivity index (χ4n) is 0.475. The van der Waals surface area contributed by atoms with Gasteiger partial charge in [-0.05, 0) is 13.0 Å². The minimum absolute atomic E-state index is 0.447. The number of aromatic amines is 1. The second-order valence-corrected chi connectivity index (χ2v) is 1.55. The monoisotopic (exact) mass is 137 g/mol. The molecule has 3 nitrogen and oxygen atoms in total. The average molecular weight is 137 g/mol. The molecule has 10 heavy (non-hydrogen) atoms. The highest BCUT2D eigenvalue weighted by Crippen LogP contribution is 1.92. The van der Waals surface area contributed by atoms with Crippen LogP contribution in [0.4, 0.5) is 0 Å². The lowest BCUT2D eigenvalue weighted by Crippen LogP contribution is -1.69. The van der Waals surface area contributed by atoms with Gasteiger partial charge in [-0.1, -0.05) is 13.8 Å². The highest BCUT2D eigenvalue weighted by atomic mass is 15.1. The van der Waals surface area contributed by atoms with E-state index in [1.165, 1.54) is 0 Å². The number of aromatic nitrogens is 2. The number of nitrogens with one attached hydrogen (secondary N) is 1. The first kappa shape index (κ1) is 8.70. The van der Waals surface area contributed by atoms with Gasteiger partial charge in [-0.2, -0.15) is 10.4 Å². The van der Waals surface area contributed by atoms with Crippen LogP contribution in [0.15, 0.2) is 6.07 Å². The highest BCUT2D eigenvalue weighted by molar-refractivity contribution is 5.20. The molecule has 0 unspecified atom stereocenters. The summed E-state index contributed by atoms with van der Waals surface area (Å²) in [5.41, 5.74) is 1.36. The number of hydrogen-bond donors (Lipinski definition) is 1. The number of rotatable bonds is 0. The van der Waals surface area contributed by atoms with Gasteiger partial charge in [0.15, 0.2) is 5.69 Å². The van der Waals surface area contributed by atoms with E-state index < -0.39 is 0 Å². The molecule has 0 radical (unpaired) electrons. The Morgan fingerprint density at radius 1 is 1.60 bits per heavy atom. The van der Waals surface area contributed by atoms with Crippen molar-refractivity contribution in [3.63, 3.8) is 0 Å². The van der Waals surface area contributed by atoms with Crippen molar-refractivity contribution < 1.29 is 0 Å². The maximum absolute atomic E-state index is 8.22. The Morgan fingerprint density at radius 2 is 2.20 bits per heavy atom. The lowest BCUT2D eigenvalue weighted by Gasteiger charge is -1.67. The molecule has 0 aliphatic carbocycles. The fraction of sp³-hybridized carbons (Fsp3) is 0.429. The van der Waals surface area contributed by atoms with E-state index >= 15 is 0 Å². The van der Waals surface area contributed by atoms with Gasteiger partial charge in [0.1, 0.15) is 6.07 Å². The van der Waals surface area contributed by atoms with Gasteiger partial charge in [0.05, 0.1) is 0 Å². The Labute approximate surface area is 60.7 Å². The van der Waals surface area contributed by atoms with Crippen molar-refractivity contribution >= 4 is 0 Å². The van der Waals surface area contributed by atoms with Gasteiger partial charge < -0.3 is 0 Å². The molecule has 54 valence electrons. The van der Waals surface area contributed by atoms with E-state index in [2.05, 4.69) is 10.2 Å². The fourth-order valence-corrected chi connectivity index (χ4v) is 0.475. The zero-order valence-electron chi connectivity index (χ0n) is 6.47. The molecule has 3 heteroatoms. The van der Waals surface area contributed by atoms with E-state index in [1.807, 2.05) is 26.8 Å². The predicted octanol–water partition coefficient (Wildman–Crippen LogP) is 1.62. The number of nitrogens with zero attached hydrogens (tertiary/aromatic N) is 2. The topological polar surface area (TPSA) is 52.5 Å². The van der Waals surface area contributed by atoms with Gasteiger partial charge >= 0.3 is 0 Å². The van der Waals surface area contributed by atoms with E-state index in [9.17, 15) is 0 Å². The Balaban J connectivity index is 0.000000371. The third-order valence-corrected chi connectivity index (χ3v) is 0.820. The van der Waals surface area contributed by atoms with E-state index in [0.717, 1.165) is 5.69 Å². The van der Waals surface area contributed by atoms with Gasteiger partial charge in [-0.25, -0.2) is 0 Å². The SMILES string of the molecule is CC.Cc1cc(C#N)n[nH]1. The molecule has 0 aromatic carbocycles. The van der Waals surface area contributed by atoms with Gasteiger partial charge in [0.2, 0.25) is 0 Å². The molecule has 0 saturated carbocycles. The predicted molar refractivity (Wildman–Crippen MR) is 39.4 cm³/mol. The van der Waals surface area contributed by atoms with Crippen LogP contribution in [-0.2, 0) is 0 Å². The molecule has 0 atom stereocenters. The summed E-state index contributed by atoms with van der Waals surface area (Å²) in [6, 6.07) is 3.60. The lowest BCUT2D eigenvalue weighted by molar-refractivity contribution is 1.03. The Kier molecular flexibility index (Phi) is 3.97. The summed E-state index contributed by atoms with van der Waals surface area (Å²) >= 11 is 0. The van der Waals surface area contributed by atoms with Crippen LogP contribution in [0.1, 0.15) is 25.2 Å². The zero-order valence-corrected chi connectivity index (χ0v) is 6.47. The second-order valence-electron chi connectivity index (χ2n) is 1.55. The minimum Gasteiger partial charge on any atom is -0.282 e. The van der Waals surface area contributed by atoms with Gasteiger partial charge in [-0.3, -0.25) is 5.10 Å². The molecule has 0 fully saturated rings. The van der Waals surface area contributed by atoms with Gasteiger partial charge in [0, 0.05) is 5.69 Å². The lowest BCUT2D eigenvalue weighted by atomic mass is 10.4. The average Bonchev–Trinajstić information content (AvgIpc) is 2.40. The molecule has 0 amide bonds. The van der Waals surface area contributed by atoms with E-state index in [-0.39, 0.29) is 0 Å². The van der Waals surface area contributed by atoms with E-state index in [0.29, 0.717) is 5.69 Å². The van der Waals surface area contributed by atoms with Crippen molar-refractivity contribution in [3.05, 3.63) is 17.5 Å². The first-order chi connectivity index (χ1) is 4.83. The van der Waals surface area contributed by atoms with Crippen molar-refractivity contribution in [1.82, 2.24) is 10.2 Å². The van der Waals surface area contributed by atoms with Crippen molar-refractivity contribution in [3.8, 4) is 6.07 Å². The molecule has 0 aliphatic rings. The van der Waals surface area contributed by atoms with E-state index in [4.69, 9.17) is 5.26 Å². The number of nitriles is 1. The normalized spacial score (nSPS) is 7.40. The van der Waals surface area contributed by atoms with Crippen molar-refractivity contribution in [2.45, 2.75) is 20.8 Å². The first-order valence-corrected chi connectivity index (χ1v) is 3.25. The van der Waals surface area contributed by atoms with Crippen LogP contribution in [0.3, 0.4) is 0 Å². The summed E-state index contributed by atoms with van der Waals surface area (Å²) in [6.07, 6.45) is 0. The minimum atomic E-state index is 0.447. The Morgan fingerprint density at radius 3 is 2.40 bits per heavy atom. The summed E-state index contributed by atoms with van der Waals surface area (Å²) in [7, 11) is 0. The van der Waals surface area contributed by atoms with Crippen LogP contribution in [-0.4, -0.2) is 10.2 Å². The smallest absolute Gasteiger partial charge is 0.162 e. The number of aryl methyl sites for hydroxylation is 1. The maximum atomic E-state index is 8.22. The molecule has 1 aromatic heterocycles. The summed E-state index contributed by atoms with van der Waals surface area (Å²) in [6.45, 7) is 5.86. The number of hydrogen-bond acceptors (Lipinski definition) is 2. The molecule has 1 aromatic rings. The van der Waals surface area contributed by atoms with Crippen molar-refractivity contribution in [2.24, 2.45) is 0 Å². The summed E-state index contributed by atoms with van der Waals surface area (Å²) in [5.74, 6) is 0. The molecular weight excluding hydrogens is 126 g/mol. The Hall–Kier alpha value is -1.30. The van der Waals surface area contributed by atoms with Crippen LogP contribution < -0.4 is 0 Å². The molecular formula is C7H11N3.